The van der Waals surface area contributed by atoms with Crippen LogP contribution in [-0.2, 0) is 4.74 Å². The van der Waals surface area contributed by atoms with Crippen molar-refractivity contribution in [3.05, 3.63) is 25.3 Å². The highest BCUT2D eigenvalue weighted by Gasteiger charge is 2.27. The Morgan fingerprint density at radius 1 is 1.33 bits per heavy atom. The zero-order valence-electron chi connectivity index (χ0n) is 11.2. The third-order valence-corrected chi connectivity index (χ3v) is 3.30. The van der Waals surface area contributed by atoms with Gasteiger partial charge in [0.05, 0.1) is 12.1 Å². The maximum Gasteiger partial charge on any atom is 0.318 e. The molecule has 18 heavy (non-hydrogen) atoms. The summed E-state index contributed by atoms with van der Waals surface area (Å²) in [7, 11) is 1.71. The van der Waals surface area contributed by atoms with Gasteiger partial charge >= 0.3 is 6.03 Å². The summed E-state index contributed by atoms with van der Waals surface area (Å²) in [5.41, 5.74) is 0. The minimum absolute atomic E-state index is 0.0660. The van der Waals surface area contributed by atoms with E-state index in [0.29, 0.717) is 13.1 Å². The summed E-state index contributed by atoms with van der Waals surface area (Å²) in [6, 6.07) is 0.0529. The summed E-state index contributed by atoms with van der Waals surface area (Å²) in [5.74, 6) is 0. The van der Waals surface area contributed by atoms with Crippen LogP contribution < -0.4 is 5.32 Å². The molecule has 2 atom stereocenters. The van der Waals surface area contributed by atoms with Crippen molar-refractivity contribution >= 4 is 6.03 Å². The largest absolute Gasteiger partial charge is 0.379 e. The number of ether oxygens (including phenoxy) is 1. The second-order valence-electron chi connectivity index (χ2n) is 4.60. The van der Waals surface area contributed by atoms with E-state index in [1.807, 2.05) is 0 Å². The molecule has 102 valence electrons. The predicted molar refractivity (Wildman–Crippen MR) is 73.6 cm³/mol. The van der Waals surface area contributed by atoms with Crippen LogP contribution in [0.4, 0.5) is 4.79 Å². The fourth-order valence-electron chi connectivity index (χ4n) is 2.35. The van der Waals surface area contributed by atoms with Crippen molar-refractivity contribution < 1.29 is 9.53 Å². The third kappa shape index (κ3) is 4.18. The van der Waals surface area contributed by atoms with Crippen LogP contribution in [-0.4, -0.2) is 43.3 Å². The maximum atomic E-state index is 12.1. The highest BCUT2D eigenvalue weighted by atomic mass is 16.5. The summed E-state index contributed by atoms with van der Waals surface area (Å²) >= 11 is 0. The number of urea groups is 1. The number of rotatable bonds is 6. The summed E-state index contributed by atoms with van der Waals surface area (Å²) in [4.78, 5) is 13.8. The van der Waals surface area contributed by atoms with Crippen LogP contribution in [0.25, 0.3) is 0 Å². The molecular weight excluding hydrogens is 228 g/mol. The number of hydrogen-bond donors (Lipinski definition) is 1. The number of amides is 2. The smallest absolute Gasteiger partial charge is 0.318 e. The molecule has 1 aliphatic carbocycles. The Labute approximate surface area is 110 Å². The first-order valence-corrected chi connectivity index (χ1v) is 6.53. The van der Waals surface area contributed by atoms with Gasteiger partial charge in [-0.05, 0) is 12.8 Å². The van der Waals surface area contributed by atoms with Gasteiger partial charge in [0.2, 0.25) is 0 Å². The Hall–Kier alpha value is -1.29. The van der Waals surface area contributed by atoms with Gasteiger partial charge in [-0.25, -0.2) is 4.79 Å². The molecule has 0 radical (unpaired) electrons. The Bertz CT molecular complexity index is 282. The van der Waals surface area contributed by atoms with Gasteiger partial charge in [-0.1, -0.05) is 25.0 Å². The molecule has 0 aromatic heterocycles. The molecule has 0 heterocycles. The van der Waals surface area contributed by atoms with Crippen molar-refractivity contribution in [3.8, 4) is 0 Å². The molecule has 4 nitrogen and oxygen atoms in total. The van der Waals surface area contributed by atoms with Crippen molar-refractivity contribution in [2.75, 3.05) is 20.2 Å². The van der Waals surface area contributed by atoms with E-state index < -0.39 is 0 Å². The van der Waals surface area contributed by atoms with Gasteiger partial charge in [0, 0.05) is 20.2 Å². The van der Waals surface area contributed by atoms with Crippen LogP contribution in [0.15, 0.2) is 25.3 Å². The van der Waals surface area contributed by atoms with Crippen LogP contribution in [0.5, 0.6) is 0 Å². The second kappa shape index (κ2) is 7.93. The van der Waals surface area contributed by atoms with Crippen molar-refractivity contribution in [1.29, 1.82) is 0 Å². The van der Waals surface area contributed by atoms with Crippen molar-refractivity contribution in [2.24, 2.45) is 0 Å². The Balaban J connectivity index is 2.54. The normalized spacial score (nSPS) is 23.2. The standard InChI is InChI=1S/C14H24N2O2/c1-4-10-16(11-5-2)14(17)15-12-8-6-7-9-13(12)18-3/h4-5,12-13H,1-2,6-11H2,3H3,(H,15,17)/t12-,13+/m0/s1. The zero-order chi connectivity index (χ0) is 13.4. The fraction of sp³-hybridized carbons (Fsp3) is 0.643. The molecule has 0 unspecified atom stereocenters. The van der Waals surface area contributed by atoms with Crippen LogP contribution in [0.1, 0.15) is 25.7 Å². The maximum absolute atomic E-state index is 12.1. The summed E-state index contributed by atoms with van der Waals surface area (Å²) < 4.78 is 5.43. The van der Waals surface area contributed by atoms with Gasteiger partial charge in [0.25, 0.3) is 0 Å². The lowest BCUT2D eigenvalue weighted by Gasteiger charge is -2.32. The van der Waals surface area contributed by atoms with E-state index in [-0.39, 0.29) is 18.2 Å². The number of hydrogen-bond acceptors (Lipinski definition) is 2. The molecule has 0 bridgehead atoms. The van der Waals surface area contributed by atoms with Crippen LogP contribution in [0.3, 0.4) is 0 Å². The zero-order valence-corrected chi connectivity index (χ0v) is 11.2. The lowest BCUT2D eigenvalue weighted by Crippen LogP contribution is -2.51. The van der Waals surface area contributed by atoms with Crippen molar-refractivity contribution in [1.82, 2.24) is 10.2 Å². The predicted octanol–water partition coefficient (Wildman–Crippen LogP) is 2.33. The third-order valence-electron chi connectivity index (χ3n) is 3.30. The van der Waals surface area contributed by atoms with Gasteiger partial charge in [-0.15, -0.1) is 13.2 Å². The topological polar surface area (TPSA) is 41.6 Å². The van der Waals surface area contributed by atoms with Gasteiger partial charge < -0.3 is 15.0 Å². The lowest BCUT2D eigenvalue weighted by atomic mass is 9.92. The van der Waals surface area contributed by atoms with E-state index in [2.05, 4.69) is 18.5 Å². The van der Waals surface area contributed by atoms with E-state index in [1.54, 1.807) is 24.2 Å². The molecule has 0 spiro atoms. The molecule has 0 aliphatic heterocycles. The molecular formula is C14H24N2O2. The van der Waals surface area contributed by atoms with Gasteiger partial charge in [0.15, 0.2) is 0 Å². The molecule has 0 saturated heterocycles. The minimum atomic E-state index is -0.0660. The molecule has 1 aliphatic rings. The molecule has 2 amide bonds. The molecule has 1 saturated carbocycles. The first kappa shape index (κ1) is 14.8. The van der Waals surface area contributed by atoms with E-state index in [4.69, 9.17) is 4.74 Å². The highest BCUT2D eigenvalue weighted by molar-refractivity contribution is 5.75. The molecule has 1 fully saturated rings. The number of nitrogens with zero attached hydrogens (tertiary/aromatic N) is 1. The minimum Gasteiger partial charge on any atom is -0.379 e. The number of carbonyl (C=O) groups is 1. The summed E-state index contributed by atoms with van der Waals surface area (Å²) in [5, 5.41) is 3.06. The van der Waals surface area contributed by atoms with E-state index in [0.717, 1.165) is 19.3 Å². The van der Waals surface area contributed by atoms with Crippen molar-refractivity contribution in [2.45, 2.75) is 37.8 Å². The van der Waals surface area contributed by atoms with Crippen LogP contribution in [0, 0.1) is 0 Å². The number of nitrogens with one attached hydrogen (secondary N) is 1. The second-order valence-corrected chi connectivity index (χ2v) is 4.60. The number of methoxy groups -OCH3 is 1. The molecule has 0 aromatic carbocycles. The van der Waals surface area contributed by atoms with Gasteiger partial charge in [-0.3, -0.25) is 0 Å². The molecule has 1 N–H and O–H groups in total. The molecule has 0 aromatic rings. The summed E-state index contributed by atoms with van der Waals surface area (Å²) in [6.07, 6.45) is 7.90. The Morgan fingerprint density at radius 2 is 1.94 bits per heavy atom. The van der Waals surface area contributed by atoms with E-state index >= 15 is 0 Å². The molecule has 1 rings (SSSR count). The lowest BCUT2D eigenvalue weighted by molar-refractivity contribution is 0.0435. The molecule has 4 heteroatoms. The van der Waals surface area contributed by atoms with E-state index in [1.165, 1.54) is 6.42 Å². The van der Waals surface area contributed by atoms with Crippen LogP contribution >= 0.6 is 0 Å². The average molecular weight is 252 g/mol. The van der Waals surface area contributed by atoms with E-state index in [9.17, 15) is 4.79 Å². The monoisotopic (exact) mass is 252 g/mol. The summed E-state index contributed by atoms with van der Waals surface area (Å²) in [6.45, 7) is 8.38. The first-order chi connectivity index (χ1) is 8.72. The van der Waals surface area contributed by atoms with Crippen LogP contribution in [0.2, 0.25) is 0 Å². The number of carbonyl (C=O) groups excluding carboxylic acids is 1. The van der Waals surface area contributed by atoms with Crippen molar-refractivity contribution in [3.63, 3.8) is 0 Å². The van der Waals surface area contributed by atoms with Gasteiger partial charge in [-0.2, -0.15) is 0 Å². The first-order valence-electron chi connectivity index (χ1n) is 6.53. The quantitative estimate of drug-likeness (QED) is 0.737. The SMILES string of the molecule is C=CCN(CC=C)C(=O)N[C@H]1CCCC[C@H]1OC. The van der Waals surface area contributed by atoms with Gasteiger partial charge in [0.1, 0.15) is 0 Å². The Morgan fingerprint density at radius 3 is 2.50 bits per heavy atom. The average Bonchev–Trinajstić information content (AvgIpc) is 2.39. The fourth-order valence-corrected chi connectivity index (χ4v) is 2.35. The highest BCUT2D eigenvalue weighted by Crippen LogP contribution is 2.20. The Kier molecular flexibility index (Phi) is 6.50.